The van der Waals surface area contributed by atoms with Crippen LogP contribution >= 0.6 is 0 Å². The van der Waals surface area contributed by atoms with Gasteiger partial charge in [-0.3, -0.25) is 0 Å². The second-order valence-corrected chi connectivity index (χ2v) is 7.80. The molecule has 0 radical (unpaired) electrons. The summed E-state index contributed by atoms with van der Waals surface area (Å²) in [5, 5.41) is 3.54. The first-order valence-corrected chi connectivity index (χ1v) is 9.27. The lowest BCUT2D eigenvalue weighted by atomic mass is 9.94. The minimum absolute atomic E-state index is 0.222. The number of amides is 1. The van der Waals surface area contributed by atoms with E-state index in [2.05, 4.69) is 53.8 Å². The Balaban J connectivity index is 1.71. The first-order valence-electron chi connectivity index (χ1n) is 9.27. The summed E-state index contributed by atoms with van der Waals surface area (Å²) in [6.07, 6.45) is 0.657. The van der Waals surface area contributed by atoms with Crippen molar-refractivity contribution in [1.29, 1.82) is 0 Å². The van der Waals surface area contributed by atoms with Crippen molar-refractivity contribution in [2.75, 3.05) is 19.6 Å². The van der Waals surface area contributed by atoms with Gasteiger partial charge in [0.1, 0.15) is 5.60 Å². The van der Waals surface area contributed by atoms with Crippen LogP contribution in [0.2, 0.25) is 0 Å². The number of hydrogen-bond acceptors (Lipinski definition) is 3. The first kappa shape index (κ1) is 18.5. The second kappa shape index (κ2) is 7.92. The van der Waals surface area contributed by atoms with E-state index in [1.807, 2.05) is 31.7 Å². The minimum atomic E-state index is -0.461. The summed E-state index contributed by atoms with van der Waals surface area (Å²) >= 11 is 0. The average Bonchev–Trinajstić information content (AvgIpc) is 2.62. The molecule has 1 aliphatic heterocycles. The number of benzene rings is 2. The first-order chi connectivity index (χ1) is 12.4. The van der Waals surface area contributed by atoms with Gasteiger partial charge in [-0.1, -0.05) is 54.6 Å². The minimum Gasteiger partial charge on any atom is -0.444 e. The molecule has 1 N–H and O–H groups in total. The van der Waals surface area contributed by atoms with Gasteiger partial charge in [0.25, 0.3) is 0 Å². The fourth-order valence-corrected chi connectivity index (χ4v) is 3.32. The van der Waals surface area contributed by atoms with Gasteiger partial charge in [-0.25, -0.2) is 4.79 Å². The van der Waals surface area contributed by atoms with Gasteiger partial charge >= 0.3 is 6.09 Å². The van der Waals surface area contributed by atoms with Gasteiger partial charge in [0, 0.05) is 25.7 Å². The molecule has 0 spiro atoms. The largest absolute Gasteiger partial charge is 0.444 e. The summed E-state index contributed by atoms with van der Waals surface area (Å²) in [4.78, 5) is 14.2. The fraction of sp³-hybridized carbons (Fsp3) is 0.409. The van der Waals surface area contributed by atoms with E-state index in [9.17, 15) is 4.79 Å². The van der Waals surface area contributed by atoms with Crippen LogP contribution in [0.3, 0.4) is 0 Å². The number of rotatable bonds is 3. The Bertz CT molecular complexity index is 737. The van der Waals surface area contributed by atoms with Gasteiger partial charge in [-0.2, -0.15) is 0 Å². The van der Waals surface area contributed by atoms with Crippen LogP contribution in [-0.4, -0.2) is 42.3 Å². The van der Waals surface area contributed by atoms with Crippen molar-refractivity contribution < 1.29 is 9.53 Å². The van der Waals surface area contributed by atoms with Gasteiger partial charge in [-0.05, 0) is 43.9 Å². The zero-order chi connectivity index (χ0) is 18.6. The molecular weight excluding hydrogens is 324 g/mol. The van der Waals surface area contributed by atoms with Crippen molar-refractivity contribution in [3.05, 3.63) is 60.2 Å². The smallest absolute Gasteiger partial charge is 0.410 e. The number of piperazine rings is 1. The van der Waals surface area contributed by atoms with Crippen LogP contribution in [0.4, 0.5) is 4.79 Å². The molecule has 138 valence electrons. The van der Waals surface area contributed by atoms with E-state index < -0.39 is 5.60 Å². The van der Waals surface area contributed by atoms with Gasteiger partial charge in [0.05, 0.1) is 0 Å². The third-order valence-corrected chi connectivity index (χ3v) is 4.48. The molecule has 1 fully saturated rings. The second-order valence-electron chi connectivity index (χ2n) is 7.80. The van der Waals surface area contributed by atoms with E-state index in [1.54, 1.807) is 0 Å². The Kier molecular flexibility index (Phi) is 5.62. The average molecular weight is 352 g/mol. The highest BCUT2D eigenvalue weighted by atomic mass is 16.6. The SMILES string of the molecule is CC(C)(C)OC(=O)N1CCN[C@H](Cc2ccccc2-c2ccccc2)C1. The Hall–Kier alpha value is -2.33. The molecular formula is C22H28N2O2. The van der Waals surface area contributed by atoms with E-state index in [4.69, 9.17) is 4.74 Å². The summed E-state index contributed by atoms with van der Waals surface area (Å²) in [6, 6.07) is 19.2. The molecule has 0 aliphatic carbocycles. The zero-order valence-corrected chi connectivity index (χ0v) is 15.9. The summed E-state index contributed by atoms with van der Waals surface area (Å²) < 4.78 is 5.53. The molecule has 1 saturated heterocycles. The van der Waals surface area contributed by atoms with Crippen LogP contribution in [0, 0.1) is 0 Å². The Labute approximate surface area is 156 Å². The highest BCUT2D eigenvalue weighted by Gasteiger charge is 2.27. The summed E-state index contributed by atoms with van der Waals surface area (Å²) in [7, 11) is 0. The topological polar surface area (TPSA) is 41.6 Å². The molecule has 2 aromatic rings. The molecule has 0 bridgehead atoms. The molecule has 1 amide bonds. The summed E-state index contributed by atoms with van der Waals surface area (Å²) in [5.41, 5.74) is 3.31. The number of hydrogen-bond donors (Lipinski definition) is 1. The Morgan fingerprint density at radius 1 is 1.12 bits per heavy atom. The van der Waals surface area contributed by atoms with E-state index in [0.29, 0.717) is 13.1 Å². The molecule has 4 heteroatoms. The molecule has 1 heterocycles. The molecule has 3 rings (SSSR count). The molecule has 0 unspecified atom stereocenters. The molecule has 1 atom stereocenters. The number of nitrogens with zero attached hydrogens (tertiary/aromatic N) is 1. The number of carbonyl (C=O) groups excluding carboxylic acids is 1. The lowest BCUT2D eigenvalue weighted by Crippen LogP contribution is -2.54. The van der Waals surface area contributed by atoms with E-state index in [0.717, 1.165) is 13.0 Å². The highest BCUT2D eigenvalue weighted by Crippen LogP contribution is 2.25. The maximum Gasteiger partial charge on any atom is 0.410 e. The van der Waals surface area contributed by atoms with Crippen molar-refractivity contribution >= 4 is 6.09 Å². The molecule has 4 nitrogen and oxygen atoms in total. The van der Waals surface area contributed by atoms with Crippen LogP contribution in [0.25, 0.3) is 11.1 Å². The standard InChI is InChI=1S/C22H28N2O2/c1-22(2,3)26-21(25)24-14-13-23-19(16-24)15-18-11-7-8-12-20(18)17-9-5-4-6-10-17/h4-12,19,23H,13-16H2,1-3H3/t19-/m1/s1. The summed E-state index contributed by atoms with van der Waals surface area (Å²) in [6.45, 7) is 7.85. The van der Waals surface area contributed by atoms with Gasteiger partial charge in [-0.15, -0.1) is 0 Å². The molecule has 0 aromatic heterocycles. The number of nitrogens with one attached hydrogen (secondary N) is 1. The van der Waals surface area contributed by atoms with Gasteiger partial charge < -0.3 is 15.0 Å². The Morgan fingerprint density at radius 3 is 2.54 bits per heavy atom. The highest BCUT2D eigenvalue weighted by molar-refractivity contribution is 5.69. The van der Waals surface area contributed by atoms with Crippen LogP contribution in [0.1, 0.15) is 26.3 Å². The van der Waals surface area contributed by atoms with E-state index in [-0.39, 0.29) is 12.1 Å². The number of ether oxygens (including phenoxy) is 1. The van der Waals surface area contributed by atoms with Crippen molar-refractivity contribution in [3.63, 3.8) is 0 Å². The van der Waals surface area contributed by atoms with Crippen molar-refractivity contribution in [2.45, 2.75) is 38.8 Å². The predicted octanol–water partition coefficient (Wildman–Crippen LogP) is 4.11. The van der Waals surface area contributed by atoms with E-state index >= 15 is 0 Å². The lowest BCUT2D eigenvalue weighted by molar-refractivity contribution is 0.0195. The van der Waals surface area contributed by atoms with Gasteiger partial charge in [0.15, 0.2) is 0 Å². The van der Waals surface area contributed by atoms with E-state index in [1.165, 1.54) is 16.7 Å². The van der Waals surface area contributed by atoms with Crippen molar-refractivity contribution in [3.8, 4) is 11.1 Å². The van der Waals surface area contributed by atoms with Gasteiger partial charge in [0.2, 0.25) is 0 Å². The monoisotopic (exact) mass is 352 g/mol. The van der Waals surface area contributed by atoms with Crippen molar-refractivity contribution in [2.24, 2.45) is 0 Å². The maximum atomic E-state index is 12.4. The zero-order valence-electron chi connectivity index (χ0n) is 15.9. The fourth-order valence-electron chi connectivity index (χ4n) is 3.32. The number of carbonyl (C=O) groups is 1. The molecule has 0 saturated carbocycles. The van der Waals surface area contributed by atoms with Crippen LogP contribution in [0.5, 0.6) is 0 Å². The molecule has 1 aliphatic rings. The van der Waals surface area contributed by atoms with Crippen LogP contribution in [-0.2, 0) is 11.2 Å². The normalized spacial score (nSPS) is 17.8. The Morgan fingerprint density at radius 2 is 1.81 bits per heavy atom. The summed E-state index contributed by atoms with van der Waals surface area (Å²) in [5.74, 6) is 0. The quantitative estimate of drug-likeness (QED) is 0.904. The third kappa shape index (κ3) is 4.85. The maximum absolute atomic E-state index is 12.4. The van der Waals surface area contributed by atoms with Crippen LogP contribution in [0.15, 0.2) is 54.6 Å². The molecule has 26 heavy (non-hydrogen) atoms. The lowest BCUT2D eigenvalue weighted by Gasteiger charge is -2.35. The molecule has 2 aromatic carbocycles. The van der Waals surface area contributed by atoms with Crippen LogP contribution < -0.4 is 5.32 Å². The van der Waals surface area contributed by atoms with Crippen molar-refractivity contribution in [1.82, 2.24) is 10.2 Å². The third-order valence-electron chi connectivity index (χ3n) is 4.48. The predicted molar refractivity (Wildman–Crippen MR) is 105 cm³/mol.